The van der Waals surface area contributed by atoms with Gasteiger partial charge in [0.1, 0.15) is 11.5 Å². The second kappa shape index (κ2) is 14.2. The first-order chi connectivity index (χ1) is 20.2. The van der Waals surface area contributed by atoms with E-state index in [1.165, 1.54) is 16.7 Å². The molecule has 1 aromatic heterocycles. The van der Waals surface area contributed by atoms with Gasteiger partial charge in [0, 0.05) is 24.9 Å². The number of aliphatic hydroxyl groups excluding tert-OH is 2. The lowest BCUT2D eigenvalue weighted by Crippen LogP contribution is -2.28. The number of anilines is 1. The van der Waals surface area contributed by atoms with Gasteiger partial charge in [-0.2, -0.15) is 5.10 Å². The first-order valence-corrected chi connectivity index (χ1v) is 15.6. The standard InChI is InChI=1S/C27H27N5O2S.C4H11NO2/c1-18-7-9-19(10-8-18)17-32-27(28)26(16-29-32)30-24-14-12-21(15-25(24)31-35(2,33)34)23-13-11-20-5-3-4-6-22(20)23;6-3-1-5-2-4-7/h3-16,21,23,31H,17,28H2,1-2H3;5-7H,1-4H2. The van der Waals surface area contributed by atoms with Crippen LogP contribution in [-0.2, 0) is 16.6 Å². The molecule has 2 aliphatic rings. The summed E-state index contributed by atoms with van der Waals surface area (Å²) in [5, 5.41) is 23.5. The number of aliphatic imine (C=N–C) groups is 1. The van der Waals surface area contributed by atoms with Gasteiger partial charge in [-0.3, -0.25) is 4.72 Å². The van der Waals surface area contributed by atoms with E-state index in [0.717, 1.165) is 11.8 Å². The lowest BCUT2D eigenvalue weighted by Gasteiger charge is -2.23. The van der Waals surface area contributed by atoms with Crippen molar-refractivity contribution in [3.05, 3.63) is 107 Å². The fourth-order valence-electron chi connectivity index (χ4n) is 4.72. The Kier molecular flexibility index (Phi) is 10.5. The zero-order valence-corrected chi connectivity index (χ0v) is 24.6. The van der Waals surface area contributed by atoms with Gasteiger partial charge >= 0.3 is 0 Å². The van der Waals surface area contributed by atoms with Crippen LogP contribution in [0.4, 0.5) is 11.5 Å². The van der Waals surface area contributed by atoms with Crippen LogP contribution >= 0.6 is 0 Å². The molecule has 0 radical (unpaired) electrons. The first-order valence-electron chi connectivity index (χ1n) is 13.7. The van der Waals surface area contributed by atoms with Gasteiger partial charge < -0.3 is 21.3 Å². The summed E-state index contributed by atoms with van der Waals surface area (Å²) < 4.78 is 28.6. The number of aromatic nitrogens is 2. The highest BCUT2D eigenvalue weighted by Crippen LogP contribution is 2.38. The number of allylic oxidation sites excluding steroid dienone is 4. The molecule has 2 aromatic carbocycles. The first kappa shape index (κ1) is 30.9. The van der Waals surface area contributed by atoms with E-state index in [9.17, 15) is 8.42 Å². The van der Waals surface area contributed by atoms with E-state index in [0.29, 0.717) is 42.5 Å². The Hall–Kier alpha value is -4.03. The predicted octanol–water partition coefficient (Wildman–Crippen LogP) is 2.88. The third-order valence-electron chi connectivity index (χ3n) is 6.79. The van der Waals surface area contributed by atoms with Gasteiger partial charge in [-0.05, 0) is 29.7 Å². The van der Waals surface area contributed by atoms with Crippen molar-refractivity contribution in [2.45, 2.75) is 19.4 Å². The lowest BCUT2D eigenvalue weighted by atomic mass is 9.84. The summed E-state index contributed by atoms with van der Waals surface area (Å²) >= 11 is 0. The largest absolute Gasteiger partial charge is 0.395 e. The minimum atomic E-state index is -3.51. The molecule has 2 atom stereocenters. The molecule has 222 valence electrons. The molecule has 0 spiro atoms. The normalized spacial score (nSPS) is 18.4. The maximum absolute atomic E-state index is 12.1. The van der Waals surface area contributed by atoms with Crippen LogP contribution < -0.4 is 15.8 Å². The average Bonchev–Trinajstić information content (AvgIpc) is 3.54. The van der Waals surface area contributed by atoms with E-state index in [2.05, 4.69) is 50.5 Å². The Bertz CT molecular complexity index is 1590. The SMILES string of the molecule is Cc1ccc(Cn2ncc(N=C3C=CC(C4C=Cc5ccccc54)C=C3NS(C)(=O)=O)c2N)cc1.OCCNCCO. The molecular formula is C31H38N6O4S. The number of nitrogen functional groups attached to an aromatic ring is 1. The van der Waals surface area contributed by atoms with Crippen LogP contribution in [0.3, 0.4) is 0 Å². The average molecular weight is 591 g/mol. The number of fused-ring (bicyclic) bond motifs is 1. The van der Waals surface area contributed by atoms with Crippen LogP contribution in [0, 0.1) is 12.8 Å². The van der Waals surface area contributed by atoms with E-state index in [4.69, 9.17) is 15.9 Å². The number of nitrogens with zero attached hydrogens (tertiary/aromatic N) is 3. The summed E-state index contributed by atoms with van der Waals surface area (Å²) in [4.78, 5) is 4.67. The van der Waals surface area contributed by atoms with Crippen molar-refractivity contribution in [2.75, 3.05) is 38.3 Å². The van der Waals surface area contributed by atoms with Crippen molar-refractivity contribution in [3.8, 4) is 0 Å². The summed E-state index contributed by atoms with van der Waals surface area (Å²) in [5.74, 6) is 0.530. The number of nitrogens with one attached hydrogen (secondary N) is 2. The summed E-state index contributed by atoms with van der Waals surface area (Å²) in [6.07, 6.45) is 12.8. The molecule has 42 heavy (non-hydrogen) atoms. The van der Waals surface area contributed by atoms with Crippen molar-refractivity contribution in [3.63, 3.8) is 0 Å². The maximum Gasteiger partial charge on any atom is 0.229 e. The fourth-order valence-corrected chi connectivity index (χ4v) is 5.29. The Morgan fingerprint density at radius 1 is 1.02 bits per heavy atom. The van der Waals surface area contributed by atoms with Crippen molar-refractivity contribution >= 4 is 33.3 Å². The molecule has 2 unspecified atom stereocenters. The third kappa shape index (κ3) is 8.26. The van der Waals surface area contributed by atoms with Gasteiger partial charge in [0.05, 0.1) is 43.6 Å². The lowest BCUT2D eigenvalue weighted by molar-refractivity contribution is 0.266. The number of nitrogens with two attached hydrogens (primary N) is 1. The molecule has 11 heteroatoms. The van der Waals surface area contributed by atoms with Gasteiger partial charge in [-0.15, -0.1) is 0 Å². The topological polar surface area (TPSA) is 155 Å². The molecule has 1 heterocycles. The number of hydrogen-bond donors (Lipinski definition) is 5. The Morgan fingerprint density at radius 2 is 1.74 bits per heavy atom. The Labute approximate surface area is 247 Å². The minimum Gasteiger partial charge on any atom is -0.395 e. The van der Waals surface area contributed by atoms with E-state index < -0.39 is 10.0 Å². The van der Waals surface area contributed by atoms with Gasteiger partial charge in [-0.1, -0.05) is 78.4 Å². The fraction of sp³-hybridized carbons (Fsp3) is 0.290. The van der Waals surface area contributed by atoms with Crippen molar-refractivity contribution in [2.24, 2.45) is 10.9 Å². The summed E-state index contributed by atoms with van der Waals surface area (Å²) in [5.41, 5.74) is 12.4. The van der Waals surface area contributed by atoms with E-state index >= 15 is 0 Å². The minimum absolute atomic E-state index is 0.0142. The molecule has 10 nitrogen and oxygen atoms in total. The van der Waals surface area contributed by atoms with E-state index in [1.807, 2.05) is 55.5 Å². The molecule has 5 rings (SSSR count). The smallest absolute Gasteiger partial charge is 0.229 e. The van der Waals surface area contributed by atoms with E-state index in [-0.39, 0.29) is 25.0 Å². The van der Waals surface area contributed by atoms with Gasteiger partial charge in [0.2, 0.25) is 10.0 Å². The predicted molar refractivity (Wildman–Crippen MR) is 168 cm³/mol. The van der Waals surface area contributed by atoms with Gasteiger partial charge in [-0.25, -0.2) is 18.1 Å². The highest BCUT2D eigenvalue weighted by molar-refractivity contribution is 7.88. The molecule has 0 aliphatic heterocycles. The Morgan fingerprint density at radius 3 is 2.43 bits per heavy atom. The van der Waals surface area contributed by atoms with Crippen molar-refractivity contribution in [1.82, 2.24) is 19.8 Å². The number of aliphatic hydroxyl groups is 2. The molecule has 0 saturated heterocycles. The maximum atomic E-state index is 12.1. The van der Waals surface area contributed by atoms with Crippen LogP contribution in [0.15, 0.2) is 89.7 Å². The van der Waals surface area contributed by atoms with Crippen LogP contribution in [0.5, 0.6) is 0 Å². The summed E-state index contributed by atoms with van der Waals surface area (Å²) in [7, 11) is -3.51. The molecular weight excluding hydrogens is 552 g/mol. The number of hydrogen-bond acceptors (Lipinski definition) is 8. The molecule has 0 fully saturated rings. The Balaban J connectivity index is 0.000000517. The molecule has 2 aliphatic carbocycles. The zero-order chi connectivity index (χ0) is 30.1. The monoisotopic (exact) mass is 590 g/mol. The van der Waals surface area contributed by atoms with Gasteiger partial charge in [0.15, 0.2) is 0 Å². The highest BCUT2D eigenvalue weighted by Gasteiger charge is 2.27. The number of aryl methyl sites for hydroxylation is 1. The van der Waals surface area contributed by atoms with Crippen molar-refractivity contribution < 1.29 is 18.6 Å². The number of benzene rings is 2. The molecule has 6 N–H and O–H groups in total. The second-order valence-corrected chi connectivity index (χ2v) is 11.9. The van der Waals surface area contributed by atoms with Crippen LogP contribution in [0.2, 0.25) is 0 Å². The molecule has 0 saturated carbocycles. The van der Waals surface area contributed by atoms with Crippen molar-refractivity contribution in [1.29, 1.82) is 0 Å². The van der Waals surface area contributed by atoms with E-state index in [1.54, 1.807) is 10.9 Å². The molecule has 3 aromatic rings. The second-order valence-electron chi connectivity index (χ2n) is 10.2. The third-order valence-corrected chi connectivity index (χ3v) is 7.38. The van der Waals surface area contributed by atoms with Crippen LogP contribution in [-0.4, -0.2) is 66.7 Å². The highest BCUT2D eigenvalue weighted by atomic mass is 32.2. The number of sulfonamides is 1. The van der Waals surface area contributed by atoms with Crippen LogP contribution in [0.1, 0.15) is 28.2 Å². The quantitative estimate of drug-likeness (QED) is 0.228. The summed E-state index contributed by atoms with van der Waals surface area (Å²) in [6, 6.07) is 16.4. The summed E-state index contributed by atoms with van der Waals surface area (Å²) in [6.45, 7) is 3.98. The zero-order valence-electron chi connectivity index (χ0n) is 23.8. The van der Waals surface area contributed by atoms with Gasteiger partial charge in [0.25, 0.3) is 0 Å². The molecule has 0 bridgehead atoms. The van der Waals surface area contributed by atoms with Crippen LogP contribution in [0.25, 0.3) is 6.08 Å². The molecule has 0 amide bonds. The number of rotatable bonds is 10.